The van der Waals surface area contributed by atoms with Crippen molar-refractivity contribution in [2.24, 2.45) is 11.7 Å². The summed E-state index contributed by atoms with van der Waals surface area (Å²) >= 11 is 0. The molecule has 4 heteroatoms. The molecule has 116 valence electrons. The highest BCUT2D eigenvalue weighted by molar-refractivity contribution is 5.86. The molecule has 0 radical (unpaired) electrons. The van der Waals surface area contributed by atoms with Crippen LogP contribution in [0.5, 0.6) is 0 Å². The second-order valence-corrected chi connectivity index (χ2v) is 6.75. The molecule has 1 fully saturated rings. The molecule has 0 aromatic carbocycles. The summed E-state index contributed by atoms with van der Waals surface area (Å²) in [6, 6.07) is 4.04. The van der Waals surface area contributed by atoms with Crippen LogP contribution >= 0.6 is 0 Å². The lowest BCUT2D eigenvalue weighted by molar-refractivity contribution is -0.141. The van der Waals surface area contributed by atoms with Crippen LogP contribution in [-0.4, -0.2) is 27.4 Å². The summed E-state index contributed by atoms with van der Waals surface area (Å²) < 4.78 is 0. The molecule has 2 unspecified atom stereocenters. The molecule has 2 N–H and O–H groups in total. The van der Waals surface area contributed by atoms with Crippen LogP contribution in [0.15, 0.2) is 24.5 Å². The van der Waals surface area contributed by atoms with Crippen LogP contribution in [0.1, 0.15) is 52.0 Å². The van der Waals surface area contributed by atoms with Crippen molar-refractivity contribution in [2.75, 3.05) is 0 Å². The Morgan fingerprint density at radius 3 is 2.90 bits per heavy atom. The van der Waals surface area contributed by atoms with Gasteiger partial charge in [0.05, 0.1) is 5.54 Å². The number of hydrogen-bond acceptors (Lipinski definition) is 3. The van der Waals surface area contributed by atoms with E-state index in [1.54, 1.807) is 6.20 Å². The summed E-state index contributed by atoms with van der Waals surface area (Å²) in [7, 11) is 0. The Morgan fingerprint density at radius 1 is 1.57 bits per heavy atom. The van der Waals surface area contributed by atoms with E-state index in [1.165, 1.54) is 6.42 Å². The molecular weight excluding hydrogens is 262 g/mol. The molecule has 21 heavy (non-hydrogen) atoms. The van der Waals surface area contributed by atoms with Crippen molar-refractivity contribution < 1.29 is 4.79 Å². The Morgan fingerprint density at radius 2 is 2.33 bits per heavy atom. The maximum absolute atomic E-state index is 13.0. The largest absolute Gasteiger partial charge is 0.334 e. The van der Waals surface area contributed by atoms with E-state index in [0.717, 1.165) is 24.8 Å². The Balaban J connectivity index is 2.15. The quantitative estimate of drug-likeness (QED) is 0.927. The lowest BCUT2D eigenvalue weighted by Crippen LogP contribution is -2.58. The van der Waals surface area contributed by atoms with Crippen molar-refractivity contribution in [1.29, 1.82) is 0 Å². The van der Waals surface area contributed by atoms with Crippen molar-refractivity contribution in [3.8, 4) is 0 Å². The van der Waals surface area contributed by atoms with E-state index in [2.05, 4.69) is 11.9 Å². The summed E-state index contributed by atoms with van der Waals surface area (Å²) in [6.07, 6.45) is 7.38. The third kappa shape index (κ3) is 3.82. The van der Waals surface area contributed by atoms with Crippen molar-refractivity contribution in [1.82, 2.24) is 9.88 Å². The van der Waals surface area contributed by atoms with Gasteiger partial charge >= 0.3 is 0 Å². The van der Waals surface area contributed by atoms with Gasteiger partial charge < -0.3 is 10.6 Å². The number of aromatic nitrogens is 1. The van der Waals surface area contributed by atoms with Crippen molar-refractivity contribution in [2.45, 2.75) is 64.6 Å². The minimum atomic E-state index is -0.690. The van der Waals surface area contributed by atoms with Gasteiger partial charge in [-0.2, -0.15) is 0 Å². The monoisotopic (exact) mass is 289 g/mol. The predicted octanol–water partition coefficient (Wildman–Crippen LogP) is 2.73. The Bertz CT molecular complexity index is 474. The fraction of sp³-hybridized carbons (Fsp3) is 0.647. The van der Waals surface area contributed by atoms with Gasteiger partial charge in [-0.05, 0) is 44.2 Å². The second-order valence-electron chi connectivity index (χ2n) is 6.75. The molecule has 0 bridgehead atoms. The van der Waals surface area contributed by atoms with Gasteiger partial charge in [0, 0.05) is 25.0 Å². The Hall–Kier alpha value is -1.42. The van der Waals surface area contributed by atoms with E-state index in [9.17, 15) is 4.79 Å². The molecule has 0 aliphatic heterocycles. The highest BCUT2D eigenvalue weighted by Crippen LogP contribution is 2.32. The summed E-state index contributed by atoms with van der Waals surface area (Å²) in [6.45, 7) is 6.86. The summed E-state index contributed by atoms with van der Waals surface area (Å²) in [5.74, 6) is 0.619. The molecule has 1 aromatic rings. The zero-order valence-corrected chi connectivity index (χ0v) is 13.4. The fourth-order valence-electron chi connectivity index (χ4n) is 3.25. The second kappa shape index (κ2) is 6.56. The van der Waals surface area contributed by atoms with Gasteiger partial charge in [0.2, 0.25) is 5.91 Å². The molecule has 1 amide bonds. The minimum Gasteiger partial charge on any atom is -0.334 e. The lowest BCUT2D eigenvalue weighted by atomic mass is 9.76. The van der Waals surface area contributed by atoms with Gasteiger partial charge in [-0.3, -0.25) is 9.78 Å². The number of carbonyl (C=O) groups excluding carboxylic acids is 1. The molecule has 1 saturated carbocycles. The maximum Gasteiger partial charge on any atom is 0.243 e. The predicted molar refractivity (Wildman–Crippen MR) is 84.5 cm³/mol. The van der Waals surface area contributed by atoms with Gasteiger partial charge in [0.15, 0.2) is 0 Å². The number of amides is 1. The number of rotatable bonds is 4. The van der Waals surface area contributed by atoms with Crippen LogP contribution in [0, 0.1) is 5.92 Å². The SMILES string of the molecule is CC1CCCC(N)(C(=O)N(Cc2cccnc2)C(C)C)C1. The molecule has 1 heterocycles. The van der Waals surface area contributed by atoms with Crippen LogP contribution < -0.4 is 5.73 Å². The minimum absolute atomic E-state index is 0.0907. The molecule has 4 nitrogen and oxygen atoms in total. The molecular formula is C17H27N3O. The van der Waals surface area contributed by atoms with Gasteiger partial charge in [0.1, 0.15) is 0 Å². The topological polar surface area (TPSA) is 59.2 Å². The van der Waals surface area contributed by atoms with E-state index < -0.39 is 5.54 Å². The van der Waals surface area contributed by atoms with Crippen LogP contribution in [0.3, 0.4) is 0 Å². The molecule has 1 aromatic heterocycles. The van der Waals surface area contributed by atoms with Crippen LogP contribution in [0.25, 0.3) is 0 Å². The van der Waals surface area contributed by atoms with Crippen LogP contribution in [-0.2, 0) is 11.3 Å². The molecule has 1 aliphatic rings. The average molecular weight is 289 g/mol. The highest BCUT2D eigenvalue weighted by atomic mass is 16.2. The third-order valence-corrected chi connectivity index (χ3v) is 4.42. The van der Waals surface area contributed by atoms with E-state index in [0.29, 0.717) is 12.5 Å². The number of hydrogen-bond donors (Lipinski definition) is 1. The van der Waals surface area contributed by atoms with E-state index in [-0.39, 0.29) is 11.9 Å². The fourth-order valence-corrected chi connectivity index (χ4v) is 3.25. The normalized spacial score (nSPS) is 25.9. The first-order valence-corrected chi connectivity index (χ1v) is 7.91. The molecule has 2 rings (SSSR count). The lowest BCUT2D eigenvalue weighted by Gasteiger charge is -2.40. The van der Waals surface area contributed by atoms with E-state index in [1.807, 2.05) is 37.1 Å². The standard InChI is InChI=1S/C17H27N3O/c1-13(2)20(12-15-7-5-9-19-11-15)16(21)17(18)8-4-6-14(3)10-17/h5,7,9,11,13-14H,4,6,8,10,12,18H2,1-3H3. The smallest absolute Gasteiger partial charge is 0.243 e. The van der Waals surface area contributed by atoms with E-state index >= 15 is 0 Å². The molecule has 1 aliphatic carbocycles. The maximum atomic E-state index is 13.0. The zero-order chi connectivity index (χ0) is 15.5. The van der Waals surface area contributed by atoms with E-state index in [4.69, 9.17) is 5.73 Å². The van der Waals surface area contributed by atoms with Gasteiger partial charge in [-0.25, -0.2) is 0 Å². The van der Waals surface area contributed by atoms with Gasteiger partial charge in [-0.1, -0.05) is 25.8 Å². The first-order valence-electron chi connectivity index (χ1n) is 7.91. The van der Waals surface area contributed by atoms with Crippen molar-refractivity contribution in [3.63, 3.8) is 0 Å². The van der Waals surface area contributed by atoms with Gasteiger partial charge in [-0.15, -0.1) is 0 Å². The summed E-state index contributed by atoms with van der Waals surface area (Å²) in [5, 5.41) is 0. The zero-order valence-electron chi connectivity index (χ0n) is 13.4. The van der Waals surface area contributed by atoms with Gasteiger partial charge in [0.25, 0.3) is 0 Å². The van der Waals surface area contributed by atoms with Crippen molar-refractivity contribution in [3.05, 3.63) is 30.1 Å². The van der Waals surface area contributed by atoms with Crippen molar-refractivity contribution >= 4 is 5.91 Å². The number of carbonyl (C=O) groups is 1. The first-order chi connectivity index (χ1) is 9.92. The molecule has 0 spiro atoms. The van der Waals surface area contributed by atoms with Crippen LogP contribution in [0.2, 0.25) is 0 Å². The number of nitrogens with zero attached hydrogens (tertiary/aromatic N) is 2. The number of pyridine rings is 1. The van der Waals surface area contributed by atoms with Crippen LogP contribution in [0.4, 0.5) is 0 Å². The number of nitrogens with two attached hydrogens (primary N) is 1. The molecule has 0 saturated heterocycles. The first kappa shape index (κ1) is 16.0. The Kier molecular flexibility index (Phi) is 4.99. The summed E-state index contributed by atoms with van der Waals surface area (Å²) in [5.41, 5.74) is 6.84. The summed E-state index contributed by atoms with van der Waals surface area (Å²) in [4.78, 5) is 19.0. The third-order valence-electron chi connectivity index (χ3n) is 4.42. The molecule has 2 atom stereocenters. The average Bonchev–Trinajstić information content (AvgIpc) is 2.44. The highest BCUT2D eigenvalue weighted by Gasteiger charge is 2.41. The Labute approximate surface area is 127 Å².